The number of allylic oxidation sites excluding steroid dienone is 14. The van der Waals surface area contributed by atoms with Gasteiger partial charge in [0.2, 0.25) is 0 Å². The van der Waals surface area contributed by atoms with Gasteiger partial charge in [-0.05, 0) is 70.6 Å². The van der Waals surface area contributed by atoms with Crippen molar-refractivity contribution >= 4 is 17.9 Å². The van der Waals surface area contributed by atoms with E-state index in [0.29, 0.717) is 19.3 Å². The topological polar surface area (TPSA) is 78.9 Å². The van der Waals surface area contributed by atoms with E-state index in [0.717, 1.165) is 70.6 Å². The number of hydrogen-bond acceptors (Lipinski definition) is 6. The molecule has 0 heterocycles. The van der Waals surface area contributed by atoms with Gasteiger partial charge in [0.15, 0.2) is 6.10 Å². The quantitative estimate of drug-likeness (QED) is 0.0199. The standard InChI is InChI=1S/C60H102O6/c1-4-7-10-13-16-19-22-25-27-29-31-32-35-38-41-44-47-50-53-59(62)65-56-57(55-64-58(61)52-49-46-43-40-37-34-24-21-18-15-12-9-6-3)66-60(63)54-51-48-45-42-39-36-33-30-28-26-23-20-17-14-11-8-5-2/h9,12,15,18,21,24,26,28,33-34,36-37,42,45,57H,4-8,10-11,13-14,16-17,19-20,22-23,25,27,29-32,35,38-41,43-44,46-56H2,1-3H3/b12-9-,18-15-,24-21-,28-26-,36-33-,37-34-,45-42-. The zero-order valence-corrected chi connectivity index (χ0v) is 43.2. The Hall–Kier alpha value is -3.41. The molecule has 0 aliphatic rings. The van der Waals surface area contributed by atoms with Crippen molar-refractivity contribution in [1.82, 2.24) is 0 Å². The Bertz CT molecular complexity index is 1290. The molecule has 1 atom stereocenters. The molecule has 0 amide bonds. The lowest BCUT2D eigenvalue weighted by atomic mass is 10.0. The van der Waals surface area contributed by atoms with Crippen LogP contribution in [0.15, 0.2) is 85.1 Å². The van der Waals surface area contributed by atoms with Crippen LogP contribution in [-0.4, -0.2) is 37.2 Å². The molecule has 0 bridgehead atoms. The first-order valence-electron chi connectivity index (χ1n) is 27.6. The van der Waals surface area contributed by atoms with Crippen molar-refractivity contribution in [2.24, 2.45) is 0 Å². The Morgan fingerprint density at radius 3 is 1.12 bits per heavy atom. The second-order valence-corrected chi connectivity index (χ2v) is 18.2. The van der Waals surface area contributed by atoms with Crippen LogP contribution in [0.4, 0.5) is 0 Å². The van der Waals surface area contributed by atoms with Crippen molar-refractivity contribution in [3.05, 3.63) is 85.1 Å². The number of unbranched alkanes of at least 4 members (excludes halogenated alkanes) is 27. The predicted molar refractivity (Wildman–Crippen MR) is 284 cm³/mol. The van der Waals surface area contributed by atoms with Crippen LogP contribution in [0.25, 0.3) is 0 Å². The zero-order chi connectivity index (χ0) is 47.9. The summed E-state index contributed by atoms with van der Waals surface area (Å²) in [4.78, 5) is 38.0. The summed E-state index contributed by atoms with van der Waals surface area (Å²) in [5.41, 5.74) is 0. The average molecular weight is 919 g/mol. The lowest BCUT2D eigenvalue weighted by Gasteiger charge is -2.18. The number of carbonyl (C=O) groups excluding carboxylic acids is 3. The summed E-state index contributed by atoms with van der Waals surface area (Å²) < 4.78 is 16.8. The molecule has 0 aromatic rings. The van der Waals surface area contributed by atoms with Gasteiger partial charge in [0, 0.05) is 19.3 Å². The summed E-state index contributed by atoms with van der Waals surface area (Å²) in [6, 6.07) is 0. The first-order chi connectivity index (χ1) is 32.5. The highest BCUT2D eigenvalue weighted by Crippen LogP contribution is 2.16. The Morgan fingerprint density at radius 1 is 0.333 bits per heavy atom. The Kier molecular flexibility index (Phi) is 51.4. The second-order valence-electron chi connectivity index (χ2n) is 18.2. The number of rotatable bonds is 49. The minimum absolute atomic E-state index is 0.108. The van der Waals surface area contributed by atoms with Gasteiger partial charge in [-0.25, -0.2) is 0 Å². The van der Waals surface area contributed by atoms with Crippen LogP contribution in [0, 0.1) is 0 Å². The Morgan fingerprint density at radius 2 is 0.667 bits per heavy atom. The highest BCUT2D eigenvalue weighted by molar-refractivity contribution is 5.71. The molecular weight excluding hydrogens is 817 g/mol. The summed E-state index contributed by atoms with van der Waals surface area (Å²) in [6.07, 6.45) is 70.1. The van der Waals surface area contributed by atoms with Crippen molar-refractivity contribution in [2.45, 2.75) is 264 Å². The van der Waals surface area contributed by atoms with Crippen LogP contribution in [-0.2, 0) is 28.6 Å². The van der Waals surface area contributed by atoms with Crippen LogP contribution in [0.3, 0.4) is 0 Å². The number of hydrogen-bond donors (Lipinski definition) is 0. The molecule has 378 valence electrons. The van der Waals surface area contributed by atoms with Gasteiger partial charge in [-0.2, -0.15) is 0 Å². The molecule has 6 nitrogen and oxygen atoms in total. The van der Waals surface area contributed by atoms with Crippen LogP contribution < -0.4 is 0 Å². The van der Waals surface area contributed by atoms with Crippen molar-refractivity contribution in [3.8, 4) is 0 Å². The maximum absolute atomic E-state index is 12.8. The maximum atomic E-state index is 12.8. The van der Waals surface area contributed by atoms with E-state index >= 15 is 0 Å². The normalized spacial score (nSPS) is 12.7. The lowest BCUT2D eigenvalue weighted by Crippen LogP contribution is -2.30. The molecule has 0 rings (SSSR count). The van der Waals surface area contributed by atoms with Gasteiger partial charge >= 0.3 is 17.9 Å². The summed E-state index contributed by atoms with van der Waals surface area (Å²) in [6.45, 7) is 6.43. The van der Waals surface area contributed by atoms with Crippen LogP contribution in [0.5, 0.6) is 0 Å². The Balaban J connectivity index is 4.47. The van der Waals surface area contributed by atoms with Crippen LogP contribution >= 0.6 is 0 Å². The predicted octanol–water partition coefficient (Wildman–Crippen LogP) is 18.4. The van der Waals surface area contributed by atoms with Crippen molar-refractivity contribution < 1.29 is 28.6 Å². The van der Waals surface area contributed by atoms with E-state index in [-0.39, 0.29) is 37.5 Å². The molecule has 1 unspecified atom stereocenters. The smallest absolute Gasteiger partial charge is 0.306 e. The molecule has 0 aliphatic heterocycles. The molecule has 0 radical (unpaired) electrons. The van der Waals surface area contributed by atoms with Crippen molar-refractivity contribution in [1.29, 1.82) is 0 Å². The minimum atomic E-state index is -0.818. The fourth-order valence-electron chi connectivity index (χ4n) is 7.59. The van der Waals surface area contributed by atoms with E-state index in [4.69, 9.17) is 14.2 Å². The van der Waals surface area contributed by atoms with E-state index in [1.165, 1.54) is 141 Å². The van der Waals surface area contributed by atoms with Crippen LogP contribution in [0.2, 0.25) is 0 Å². The largest absolute Gasteiger partial charge is 0.462 e. The lowest BCUT2D eigenvalue weighted by molar-refractivity contribution is -0.167. The molecule has 0 spiro atoms. The van der Waals surface area contributed by atoms with Gasteiger partial charge in [0.25, 0.3) is 0 Å². The van der Waals surface area contributed by atoms with Gasteiger partial charge < -0.3 is 14.2 Å². The highest BCUT2D eigenvalue weighted by atomic mass is 16.6. The molecule has 0 aromatic heterocycles. The van der Waals surface area contributed by atoms with Crippen molar-refractivity contribution in [2.75, 3.05) is 13.2 Å². The van der Waals surface area contributed by atoms with Gasteiger partial charge in [0.1, 0.15) is 13.2 Å². The summed E-state index contributed by atoms with van der Waals surface area (Å²) in [5, 5.41) is 0. The first kappa shape index (κ1) is 62.6. The van der Waals surface area contributed by atoms with E-state index in [1.54, 1.807) is 0 Å². The number of carbonyl (C=O) groups is 3. The summed E-state index contributed by atoms with van der Waals surface area (Å²) in [5.74, 6) is -0.997. The molecule has 66 heavy (non-hydrogen) atoms. The van der Waals surface area contributed by atoms with E-state index in [2.05, 4.69) is 69.4 Å². The van der Waals surface area contributed by atoms with Gasteiger partial charge in [-0.1, -0.05) is 254 Å². The highest BCUT2D eigenvalue weighted by Gasteiger charge is 2.19. The molecule has 0 fully saturated rings. The van der Waals surface area contributed by atoms with Gasteiger partial charge in [0.05, 0.1) is 0 Å². The molecule has 6 heteroatoms. The Labute approximate surface area is 407 Å². The molecule has 0 N–H and O–H groups in total. The third-order valence-electron chi connectivity index (χ3n) is 11.7. The monoisotopic (exact) mass is 919 g/mol. The molecule has 0 saturated heterocycles. The zero-order valence-electron chi connectivity index (χ0n) is 43.2. The molecular formula is C60H102O6. The first-order valence-corrected chi connectivity index (χ1v) is 27.6. The van der Waals surface area contributed by atoms with Crippen LogP contribution in [0.1, 0.15) is 258 Å². The molecule has 0 aliphatic carbocycles. The molecule has 0 saturated carbocycles. The van der Waals surface area contributed by atoms with Crippen molar-refractivity contribution in [3.63, 3.8) is 0 Å². The van der Waals surface area contributed by atoms with E-state index < -0.39 is 6.10 Å². The van der Waals surface area contributed by atoms with Gasteiger partial charge in [-0.3, -0.25) is 14.4 Å². The SMILES string of the molecule is CC\C=C/C=C\C=C/C=C\CCCCCC(=O)OCC(COC(=O)CCCCCCCCCCCCCCCCCCCC)OC(=O)CCC/C=C\C/C=C\C/C=C\CCCCCCCC. The van der Waals surface area contributed by atoms with E-state index in [1.807, 2.05) is 36.5 Å². The summed E-state index contributed by atoms with van der Waals surface area (Å²) >= 11 is 0. The van der Waals surface area contributed by atoms with E-state index in [9.17, 15) is 14.4 Å². The third-order valence-corrected chi connectivity index (χ3v) is 11.7. The van der Waals surface area contributed by atoms with Gasteiger partial charge in [-0.15, -0.1) is 0 Å². The third kappa shape index (κ3) is 51.6. The number of esters is 3. The minimum Gasteiger partial charge on any atom is -0.462 e. The fourth-order valence-corrected chi connectivity index (χ4v) is 7.59. The maximum Gasteiger partial charge on any atom is 0.306 e. The second kappa shape index (κ2) is 54.2. The average Bonchev–Trinajstić information content (AvgIpc) is 3.31. The molecule has 0 aromatic carbocycles. The fraction of sp³-hybridized carbons (Fsp3) is 0.717. The summed E-state index contributed by atoms with van der Waals surface area (Å²) in [7, 11) is 0. The number of ether oxygens (including phenoxy) is 3.